The summed E-state index contributed by atoms with van der Waals surface area (Å²) in [4.78, 5) is 11.4. The lowest BCUT2D eigenvalue weighted by atomic mass is 9.87. The van der Waals surface area contributed by atoms with Gasteiger partial charge in [-0.1, -0.05) is 38.4 Å². The summed E-state index contributed by atoms with van der Waals surface area (Å²) in [5.74, 6) is -0.0243. The average Bonchev–Trinajstić information content (AvgIpc) is 2.70. The highest BCUT2D eigenvalue weighted by Gasteiger charge is 2.23. The second kappa shape index (κ2) is 5.06. The number of carbonyl (C=O) groups is 1. The van der Waals surface area contributed by atoms with Crippen molar-refractivity contribution in [3.05, 3.63) is 40.7 Å². The number of benzene rings is 1. The number of halogens is 1. The summed E-state index contributed by atoms with van der Waals surface area (Å²) in [5.41, 5.74) is 3.56. The molecule has 1 aromatic heterocycles. The van der Waals surface area contributed by atoms with Gasteiger partial charge < -0.3 is 0 Å². The molecule has 0 saturated carbocycles. The summed E-state index contributed by atoms with van der Waals surface area (Å²) in [7, 11) is 1.91. The summed E-state index contributed by atoms with van der Waals surface area (Å²) in [5, 5.41) is 5.04. The zero-order valence-corrected chi connectivity index (χ0v) is 13.2. The van der Waals surface area contributed by atoms with Crippen LogP contribution in [0.25, 0.3) is 11.1 Å². The van der Waals surface area contributed by atoms with Crippen LogP contribution in [0.2, 0.25) is 5.02 Å². The van der Waals surface area contributed by atoms with Crippen LogP contribution in [0.5, 0.6) is 0 Å². The number of carbonyl (C=O) groups excluding carboxylic acids is 1. The maximum atomic E-state index is 11.4. The van der Waals surface area contributed by atoms with Crippen molar-refractivity contribution in [3.63, 3.8) is 0 Å². The first kappa shape index (κ1) is 14.8. The molecule has 0 amide bonds. The van der Waals surface area contributed by atoms with Crippen molar-refractivity contribution in [2.45, 2.75) is 33.1 Å². The van der Waals surface area contributed by atoms with Gasteiger partial charge in [0.25, 0.3) is 0 Å². The fraction of sp³-hybridized carbons (Fsp3) is 0.375. The van der Waals surface area contributed by atoms with Gasteiger partial charge in [0, 0.05) is 29.8 Å². The third-order valence-electron chi connectivity index (χ3n) is 3.20. The molecule has 3 nitrogen and oxygen atoms in total. The molecule has 0 radical (unpaired) electrons. The Balaban J connectivity index is 2.58. The van der Waals surface area contributed by atoms with Crippen LogP contribution in [0.3, 0.4) is 0 Å². The molecule has 0 spiro atoms. The lowest BCUT2D eigenvalue weighted by Crippen LogP contribution is -2.13. The number of hydrogen-bond acceptors (Lipinski definition) is 2. The normalized spacial score (nSPS) is 11.7. The number of aryl methyl sites for hydroxylation is 1. The zero-order valence-electron chi connectivity index (χ0n) is 12.5. The first-order valence-electron chi connectivity index (χ1n) is 6.55. The third-order valence-corrected chi connectivity index (χ3v) is 3.51. The second-order valence-electron chi connectivity index (χ2n) is 6.07. The monoisotopic (exact) mass is 290 g/mol. The molecule has 20 heavy (non-hydrogen) atoms. The first-order chi connectivity index (χ1) is 9.20. The largest absolute Gasteiger partial charge is 0.294 e. The fourth-order valence-electron chi connectivity index (χ4n) is 2.22. The van der Waals surface area contributed by atoms with Crippen molar-refractivity contribution in [1.82, 2.24) is 9.78 Å². The number of ketones is 1. The summed E-state index contributed by atoms with van der Waals surface area (Å²) in [6.45, 7) is 7.91. The quantitative estimate of drug-likeness (QED) is 0.775. The van der Waals surface area contributed by atoms with Gasteiger partial charge in [0.05, 0.1) is 10.7 Å². The van der Waals surface area contributed by atoms with Crippen molar-refractivity contribution < 1.29 is 4.79 Å². The topological polar surface area (TPSA) is 34.9 Å². The van der Waals surface area contributed by atoms with Gasteiger partial charge in [0.2, 0.25) is 0 Å². The van der Waals surface area contributed by atoms with Crippen LogP contribution < -0.4 is 0 Å². The van der Waals surface area contributed by atoms with E-state index in [9.17, 15) is 4.79 Å². The van der Waals surface area contributed by atoms with Crippen LogP contribution >= 0.6 is 11.6 Å². The van der Waals surface area contributed by atoms with Gasteiger partial charge in [-0.2, -0.15) is 5.10 Å². The Bertz CT molecular complexity index is 666. The van der Waals surface area contributed by atoms with Gasteiger partial charge in [-0.05, 0) is 24.6 Å². The van der Waals surface area contributed by atoms with E-state index < -0.39 is 0 Å². The Hall–Kier alpha value is -1.61. The predicted octanol–water partition coefficient (Wildman–Crippen LogP) is 4.24. The van der Waals surface area contributed by atoms with Gasteiger partial charge in [-0.25, -0.2) is 0 Å². The molecule has 0 unspecified atom stereocenters. The lowest BCUT2D eigenvalue weighted by molar-refractivity contribution is 0.101. The lowest BCUT2D eigenvalue weighted by Gasteiger charge is -2.17. The highest BCUT2D eigenvalue weighted by atomic mass is 35.5. The van der Waals surface area contributed by atoms with Crippen molar-refractivity contribution >= 4 is 17.4 Å². The zero-order chi connectivity index (χ0) is 15.1. The smallest absolute Gasteiger partial charge is 0.161 e. The summed E-state index contributed by atoms with van der Waals surface area (Å²) in [6, 6.07) is 5.54. The molecule has 0 saturated heterocycles. The Morgan fingerprint density at radius 1 is 1.30 bits per heavy atom. The molecule has 4 heteroatoms. The van der Waals surface area contributed by atoms with E-state index in [4.69, 9.17) is 11.6 Å². The maximum Gasteiger partial charge on any atom is 0.161 e. The minimum absolute atomic E-state index is 0.0243. The Morgan fingerprint density at radius 2 is 1.95 bits per heavy atom. The van der Waals surface area contributed by atoms with E-state index in [-0.39, 0.29) is 11.2 Å². The molecule has 0 bridgehead atoms. The van der Waals surface area contributed by atoms with Gasteiger partial charge in [0.15, 0.2) is 5.78 Å². The first-order valence-corrected chi connectivity index (χ1v) is 6.93. The standard InChI is InChI=1S/C16H19ClN2O/c1-10(20)12-7-6-11(8-14(12)17)13-9-19(5)18-15(13)16(2,3)4/h6-9H,1-5H3. The molecular formula is C16H19ClN2O. The summed E-state index contributed by atoms with van der Waals surface area (Å²) in [6.07, 6.45) is 1.99. The molecule has 0 aliphatic heterocycles. The second-order valence-corrected chi connectivity index (χ2v) is 6.47. The Kier molecular flexibility index (Phi) is 3.74. The average molecular weight is 291 g/mol. The van der Waals surface area contributed by atoms with E-state index in [0.717, 1.165) is 16.8 Å². The number of hydrogen-bond donors (Lipinski definition) is 0. The van der Waals surface area contributed by atoms with E-state index in [0.29, 0.717) is 10.6 Å². The van der Waals surface area contributed by atoms with Crippen LogP contribution in [0.15, 0.2) is 24.4 Å². The van der Waals surface area contributed by atoms with E-state index in [1.165, 1.54) is 6.92 Å². The molecular weight excluding hydrogens is 272 g/mol. The molecule has 0 atom stereocenters. The van der Waals surface area contributed by atoms with E-state index >= 15 is 0 Å². The molecule has 2 rings (SSSR count). The summed E-state index contributed by atoms with van der Waals surface area (Å²) < 4.78 is 1.81. The SMILES string of the molecule is CC(=O)c1ccc(-c2cn(C)nc2C(C)(C)C)cc1Cl. The summed E-state index contributed by atoms with van der Waals surface area (Å²) >= 11 is 6.20. The number of Topliss-reactive ketones (excluding diaryl/α,β-unsaturated/α-hetero) is 1. The number of aromatic nitrogens is 2. The molecule has 0 fully saturated rings. The van der Waals surface area contributed by atoms with E-state index in [1.54, 1.807) is 6.07 Å². The van der Waals surface area contributed by atoms with Crippen LogP contribution in [-0.2, 0) is 12.5 Å². The highest BCUT2D eigenvalue weighted by Crippen LogP contribution is 2.33. The van der Waals surface area contributed by atoms with Crippen molar-refractivity contribution in [2.75, 3.05) is 0 Å². The van der Waals surface area contributed by atoms with Gasteiger partial charge >= 0.3 is 0 Å². The Labute approximate surface area is 124 Å². The molecule has 106 valence electrons. The van der Waals surface area contributed by atoms with Crippen molar-refractivity contribution in [1.29, 1.82) is 0 Å². The fourth-order valence-corrected chi connectivity index (χ4v) is 2.54. The van der Waals surface area contributed by atoms with Crippen LogP contribution in [0, 0.1) is 0 Å². The minimum Gasteiger partial charge on any atom is -0.294 e. The number of rotatable bonds is 2. The van der Waals surface area contributed by atoms with Crippen molar-refractivity contribution in [2.24, 2.45) is 7.05 Å². The minimum atomic E-state index is -0.0533. The third kappa shape index (κ3) is 2.78. The van der Waals surface area contributed by atoms with E-state index in [2.05, 4.69) is 25.9 Å². The Morgan fingerprint density at radius 3 is 2.45 bits per heavy atom. The van der Waals surface area contributed by atoms with Crippen LogP contribution in [0.1, 0.15) is 43.7 Å². The predicted molar refractivity (Wildman–Crippen MR) is 82.4 cm³/mol. The van der Waals surface area contributed by atoms with Gasteiger partial charge in [-0.3, -0.25) is 9.48 Å². The molecule has 1 heterocycles. The molecule has 2 aromatic rings. The van der Waals surface area contributed by atoms with Crippen LogP contribution in [-0.4, -0.2) is 15.6 Å². The molecule has 1 aromatic carbocycles. The van der Waals surface area contributed by atoms with Gasteiger partial charge in [-0.15, -0.1) is 0 Å². The molecule has 0 aliphatic rings. The van der Waals surface area contributed by atoms with Crippen LogP contribution in [0.4, 0.5) is 0 Å². The molecule has 0 aliphatic carbocycles. The number of nitrogens with zero attached hydrogens (tertiary/aromatic N) is 2. The molecule has 0 N–H and O–H groups in total. The maximum absolute atomic E-state index is 11.4. The van der Waals surface area contributed by atoms with Crippen molar-refractivity contribution in [3.8, 4) is 11.1 Å². The van der Waals surface area contributed by atoms with Gasteiger partial charge in [0.1, 0.15) is 0 Å². The van der Waals surface area contributed by atoms with E-state index in [1.807, 2.05) is 30.1 Å². The highest BCUT2D eigenvalue weighted by molar-refractivity contribution is 6.34.